The summed E-state index contributed by atoms with van der Waals surface area (Å²) in [7, 11) is 0. The van der Waals surface area contributed by atoms with Crippen LogP contribution >= 0.6 is 0 Å². The number of hydrogen-bond acceptors (Lipinski definition) is 7. The van der Waals surface area contributed by atoms with E-state index < -0.39 is 4.92 Å². The Hall–Kier alpha value is -1.90. The van der Waals surface area contributed by atoms with Crippen molar-refractivity contribution < 1.29 is 9.66 Å². The van der Waals surface area contributed by atoms with Crippen LogP contribution < -0.4 is 16.7 Å². The van der Waals surface area contributed by atoms with E-state index in [4.69, 9.17) is 10.6 Å². The van der Waals surface area contributed by atoms with E-state index in [2.05, 4.69) is 10.9 Å². The lowest BCUT2D eigenvalue weighted by molar-refractivity contribution is -0.383. The first-order valence-electron chi connectivity index (χ1n) is 5.55. The van der Waals surface area contributed by atoms with Crippen molar-refractivity contribution in [3.05, 3.63) is 28.3 Å². The SMILES string of the molecule is NNc1cccc(NN2CCOCC2)c1[N+](=O)[O-]. The molecule has 98 valence electrons. The lowest BCUT2D eigenvalue weighted by atomic mass is 10.2. The molecule has 1 aromatic carbocycles. The van der Waals surface area contributed by atoms with Gasteiger partial charge in [-0.15, -0.1) is 0 Å². The molecule has 2 rings (SSSR count). The molecule has 0 radical (unpaired) electrons. The highest BCUT2D eigenvalue weighted by atomic mass is 16.6. The first-order valence-corrected chi connectivity index (χ1v) is 5.55. The molecule has 18 heavy (non-hydrogen) atoms. The molecule has 1 fully saturated rings. The zero-order valence-electron chi connectivity index (χ0n) is 9.76. The highest BCUT2D eigenvalue weighted by Crippen LogP contribution is 2.32. The summed E-state index contributed by atoms with van der Waals surface area (Å²) in [6.45, 7) is 2.57. The first kappa shape index (κ1) is 12.6. The van der Waals surface area contributed by atoms with Crippen LogP contribution in [0.3, 0.4) is 0 Å². The minimum absolute atomic E-state index is 0.0634. The summed E-state index contributed by atoms with van der Waals surface area (Å²) in [5, 5.41) is 13.0. The summed E-state index contributed by atoms with van der Waals surface area (Å²) >= 11 is 0. The van der Waals surface area contributed by atoms with Gasteiger partial charge in [0.1, 0.15) is 11.4 Å². The fourth-order valence-corrected chi connectivity index (χ4v) is 1.79. The second kappa shape index (κ2) is 5.63. The number of para-hydroxylation sites is 1. The summed E-state index contributed by atoms with van der Waals surface area (Å²) in [5.74, 6) is 5.27. The van der Waals surface area contributed by atoms with Crippen LogP contribution in [0.4, 0.5) is 17.1 Å². The summed E-state index contributed by atoms with van der Waals surface area (Å²) < 4.78 is 5.21. The van der Waals surface area contributed by atoms with E-state index in [0.29, 0.717) is 32.0 Å². The molecule has 1 aliphatic heterocycles. The Bertz CT molecular complexity index is 434. The Morgan fingerprint density at radius 3 is 2.61 bits per heavy atom. The Morgan fingerprint density at radius 2 is 2.00 bits per heavy atom. The van der Waals surface area contributed by atoms with E-state index in [1.807, 2.05) is 5.01 Å². The number of rotatable bonds is 4. The molecule has 0 aliphatic carbocycles. The van der Waals surface area contributed by atoms with Gasteiger partial charge in [-0.1, -0.05) is 6.07 Å². The van der Waals surface area contributed by atoms with E-state index in [1.54, 1.807) is 18.2 Å². The van der Waals surface area contributed by atoms with Crippen molar-refractivity contribution >= 4 is 17.1 Å². The molecule has 0 atom stereocenters. The molecule has 0 aromatic heterocycles. The van der Waals surface area contributed by atoms with Gasteiger partial charge in [-0.25, -0.2) is 5.01 Å². The Morgan fingerprint density at radius 1 is 1.33 bits per heavy atom. The molecule has 0 amide bonds. The van der Waals surface area contributed by atoms with E-state index in [1.165, 1.54) is 0 Å². The third-order valence-corrected chi connectivity index (χ3v) is 2.66. The Kier molecular flexibility index (Phi) is 3.92. The van der Waals surface area contributed by atoms with Crippen LogP contribution in [0.1, 0.15) is 0 Å². The van der Waals surface area contributed by atoms with Gasteiger partial charge in [0.2, 0.25) is 0 Å². The molecular formula is C10H15N5O3. The average molecular weight is 253 g/mol. The number of nitrogens with two attached hydrogens (primary N) is 1. The molecule has 1 heterocycles. The molecule has 8 heteroatoms. The number of morpholine rings is 1. The second-order valence-corrected chi connectivity index (χ2v) is 3.81. The quantitative estimate of drug-likeness (QED) is 0.408. The smallest absolute Gasteiger partial charge is 0.317 e. The number of ether oxygens (including phenoxy) is 1. The van der Waals surface area contributed by atoms with Crippen molar-refractivity contribution in [3.63, 3.8) is 0 Å². The lowest BCUT2D eigenvalue weighted by Crippen LogP contribution is -2.40. The molecule has 0 unspecified atom stereocenters. The fraction of sp³-hybridized carbons (Fsp3) is 0.400. The Labute approximate surface area is 104 Å². The molecular weight excluding hydrogens is 238 g/mol. The third-order valence-electron chi connectivity index (χ3n) is 2.66. The van der Waals surface area contributed by atoms with E-state index in [-0.39, 0.29) is 11.4 Å². The van der Waals surface area contributed by atoms with Gasteiger partial charge in [-0.05, 0) is 12.1 Å². The summed E-state index contributed by atoms with van der Waals surface area (Å²) in [6, 6.07) is 4.90. The van der Waals surface area contributed by atoms with Crippen LogP contribution in [0.15, 0.2) is 18.2 Å². The molecule has 0 bridgehead atoms. The molecule has 8 nitrogen and oxygen atoms in total. The van der Waals surface area contributed by atoms with Crippen LogP contribution in [-0.2, 0) is 4.74 Å². The predicted octanol–water partition coefficient (Wildman–Crippen LogP) is 0.540. The van der Waals surface area contributed by atoms with Gasteiger partial charge in [-0.3, -0.25) is 16.0 Å². The van der Waals surface area contributed by atoms with Gasteiger partial charge in [0, 0.05) is 13.1 Å². The summed E-state index contributed by atoms with van der Waals surface area (Å²) in [6.07, 6.45) is 0. The van der Waals surface area contributed by atoms with Gasteiger partial charge in [0.15, 0.2) is 0 Å². The van der Waals surface area contributed by atoms with Crippen LogP contribution in [0.2, 0.25) is 0 Å². The van der Waals surface area contributed by atoms with Crippen LogP contribution in [0.25, 0.3) is 0 Å². The first-order chi connectivity index (χ1) is 8.72. The zero-order chi connectivity index (χ0) is 13.0. The highest BCUT2D eigenvalue weighted by molar-refractivity contribution is 5.75. The lowest BCUT2D eigenvalue weighted by Gasteiger charge is -2.27. The number of nitrogens with one attached hydrogen (secondary N) is 2. The number of nitrogens with zero attached hydrogens (tertiary/aromatic N) is 2. The zero-order valence-corrected chi connectivity index (χ0v) is 9.76. The number of nitro benzene ring substituents is 1. The molecule has 4 N–H and O–H groups in total. The number of anilines is 2. The maximum Gasteiger partial charge on any atom is 0.317 e. The summed E-state index contributed by atoms with van der Waals surface area (Å²) in [4.78, 5) is 10.6. The van der Waals surface area contributed by atoms with Crippen molar-refractivity contribution in [1.29, 1.82) is 0 Å². The summed E-state index contributed by atoms with van der Waals surface area (Å²) in [5.41, 5.74) is 5.98. The van der Waals surface area contributed by atoms with Crippen molar-refractivity contribution in [3.8, 4) is 0 Å². The van der Waals surface area contributed by atoms with Crippen molar-refractivity contribution in [2.45, 2.75) is 0 Å². The molecule has 0 spiro atoms. The average Bonchev–Trinajstić information content (AvgIpc) is 2.39. The van der Waals surface area contributed by atoms with Crippen molar-refractivity contribution in [1.82, 2.24) is 5.01 Å². The number of hydrogen-bond donors (Lipinski definition) is 3. The fourth-order valence-electron chi connectivity index (χ4n) is 1.79. The van der Waals surface area contributed by atoms with E-state index >= 15 is 0 Å². The maximum atomic E-state index is 11.1. The molecule has 0 saturated carbocycles. The van der Waals surface area contributed by atoms with E-state index in [9.17, 15) is 10.1 Å². The largest absolute Gasteiger partial charge is 0.379 e. The normalized spacial score (nSPS) is 16.3. The van der Waals surface area contributed by atoms with Crippen molar-refractivity contribution in [2.75, 3.05) is 37.2 Å². The number of nitrogen functional groups attached to an aromatic ring is 1. The van der Waals surface area contributed by atoms with Crippen LogP contribution in [-0.4, -0.2) is 36.2 Å². The van der Waals surface area contributed by atoms with Crippen LogP contribution in [0.5, 0.6) is 0 Å². The van der Waals surface area contributed by atoms with E-state index in [0.717, 1.165) is 0 Å². The second-order valence-electron chi connectivity index (χ2n) is 3.81. The molecule has 1 saturated heterocycles. The van der Waals surface area contributed by atoms with Gasteiger partial charge < -0.3 is 15.6 Å². The van der Waals surface area contributed by atoms with Gasteiger partial charge in [0.25, 0.3) is 0 Å². The predicted molar refractivity (Wildman–Crippen MR) is 66.9 cm³/mol. The minimum atomic E-state index is -0.460. The number of benzene rings is 1. The highest BCUT2D eigenvalue weighted by Gasteiger charge is 2.21. The number of hydrazine groups is 2. The third kappa shape index (κ3) is 2.67. The monoisotopic (exact) mass is 253 g/mol. The molecule has 1 aromatic rings. The Balaban J connectivity index is 2.23. The minimum Gasteiger partial charge on any atom is -0.379 e. The standard InChI is InChI=1S/C10H15N5O3/c11-12-8-2-1-3-9(10(8)15(16)17)13-14-4-6-18-7-5-14/h1-3,12-13H,4-7,11H2. The van der Waals surface area contributed by atoms with Gasteiger partial charge in [0.05, 0.1) is 18.1 Å². The van der Waals surface area contributed by atoms with Gasteiger partial charge >= 0.3 is 5.69 Å². The van der Waals surface area contributed by atoms with Gasteiger partial charge in [-0.2, -0.15) is 0 Å². The maximum absolute atomic E-state index is 11.1. The number of nitro groups is 1. The topological polar surface area (TPSA) is 106 Å². The van der Waals surface area contributed by atoms with Crippen LogP contribution in [0, 0.1) is 10.1 Å². The molecule has 1 aliphatic rings. The van der Waals surface area contributed by atoms with Crippen molar-refractivity contribution in [2.24, 2.45) is 5.84 Å².